The fourth-order valence-electron chi connectivity index (χ4n) is 4.97. The molecular formula is C29H29N3O11S. The van der Waals surface area contributed by atoms with Crippen LogP contribution in [0.2, 0.25) is 0 Å². The standard InChI is InChI=1S/C29H29N3O11S/c33-14-21(28(39)30-19(9-12-23(34)35)27(38)31-20(29(40)41)10-13-24(36)37)32-44(42,43)22-11-7-17-5-4-15-2-1-3-16-6-8-18(22)26(17)25(15)16/h1-8,11,19-21,32-33H,9-10,12-14H2,(H,30,39)(H,31,38)(H,34,35)(H,36,37)(H,40,41)/t19-,20-,21-/m0/s1. The van der Waals surface area contributed by atoms with Gasteiger partial charge in [0.2, 0.25) is 21.8 Å². The van der Waals surface area contributed by atoms with Crippen LogP contribution >= 0.6 is 0 Å². The molecule has 4 aromatic carbocycles. The molecule has 4 aromatic rings. The van der Waals surface area contributed by atoms with Crippen molar-refractivity contribution < 1.29 is 52.8 Å². The number of carboxylic acid groups (broad SMARTS) is 3. The van der Waals surface area contributed by atoms with E-state index in [0.717, 1.165) is 21.5 Å². The van der Waals surface area contributed by atoms with Crippen LogP contribution in [-0.4, -0.2) is 83.3 Å². The summed E-state index contributed by atoms with van der Waals surface area (Å²) in [7, 11) is -4.47. The summed E-state index contributed by atoms with van der Waals surface area (Å²) < 4.78 is 29.3. The van der Waals surface area contributed by atoms with Crippen LogP contribution < -0.4 is 15.4 Å². The Morgan fingerprint density at radius 3 is 1.73 bits per heavy atom. The van der Waals surface area contributed by atoms with E-state index in [0.29, 0.717) is 10.8 Å². The quantitative estimate of drug-likeness (QED) is 0.0918. The van der Waals surface area contributed by atoms with Crippen LogP contribution in [0.3, 0.4) is 0 Å². The third kappa shape index (κ3) is 7.02. The van der Waals surface area contributed by atoms with Gasteiger partial charge in [-0.15, -0.1) is 0 Å². The number of hydrogen-bond acceptors (Lipinski definition) is 8. The Bertz CT molecular complexity index is 1840. The molecule has 232 valence electrons. The summed E-state index contributed by atoms with van der Waals surface area (Å²) >= 11 is 0. The van der Waals surface area contributed by atoms with Crippen molar-refractivity contribution in [1.82, 2.24) is 15.4 Å². The minimum atomic E-state index is -4.47. The van der Waals surface area contributed by atoms with Gasteiger partial charge in [0.05, 0.1) is 11.5 Å². The number of aliphatic hydroxyl groups is 1. The van der Waals surface area contributed by atoms with Crippen LogP contribution in [0.4, 0.5) is 0 Å². The third-order valence-electron chi connectivity index (χ3n) is 7.12. The number of amides is 2. The Morgan fingerprint density at radius 2 is 1.16 bits per heavy atom. The van der Waals surface area contributed by atoms with E-state index in [9.17, 15) is 42.6 Å². The van der Waals surface area contributed by atoms with E-state index < -0.39 is 90.2 Å². The van der Waals surface area contributed by atoms with Gasteiger partial charge in [-0.05, 0) is 45.8 Å². The molecule has 0 saturated carbocycles. The highest BCUT2D eigenvalue weighted by Gasteiger charge is 2.32. The van der Waals surface area contributed by atoms with E-state index >= 15 is 0 Å². The van der Waals surface area contributed by atoms with Gasteiger partial charge in [-0.1, -0.05) is 48.5 Å². The second-order valence-electron chi connectivity index (χ2n) is 10.1. The van der Waals surface area contributed by atoms with Crippen molar-refractivity contribution in [2.75, 3.05) is 6.61 Å². The number of carbonyl (C=O) groups excluding carboxylic acids is 2. The highest BCUT2D eigenvalue weighted by atomic mass is 32.2. The van der Waals surface area contributed by atoms with Gasteiger partial charge in [-0.2, -0.15) is 4.72 Å². The van der Waals surface area contributed by atoms with E-state index in [1.165, 1.54) is 6.07 Å². The predicted octanol–water partition coefficient (Wildman–Crippen LogP) is 1.01. The summed E-state index contributed by atoms with van der Waals surface area (Å²) in [5.41, 5.74) is 0. The molecule has 4 rings (SSSR count). The lowest BCUT2D eigenvalue weighted by molar-refractivity contribution is -0.144. The topological polar surface area (TPSA) is 236 Å². The molecule has 0 aliphatic carbocycles. The number of carboxylic acids is 3. The van der Waals surface area contributed by atoms with E-state index in [1.54, 1.807) is 18.2 Å². The Morgan fingerprint density at radius 1 is 0.659 bits per heavy atom. The molecule has 3 atom stereocenters. The monoisotopic (exact) mass is 627 g/mol. The molecule has 14 nitrogen and oxygen atoms in total. The first-order valence-corrected chi connectivity index (χ1v) is 14.9. The second kappa shape index (κ2) is 13.2. The summed E-state index contributed by atoms with van der Waals surface area (Å²) in [6.45, 7) is -1.04. The Balaban J connectivity index is 1.58. The van der Waals surface area contributed by atoms with E-state index in [2.05, 4.69) is 15.4 Å². The number of sulfonamides is 1. The molecule has 0 aromatic heterocycles. The normalized spacial score (nSPS) is 13.8. The zero-order chi connectivity index (χ0) is 32.2. The molecular weight excluding hydrogens is 598 g/mol. The molecule has 0 aliphatic rings. The van der Waals surface area contributed by atoms with E-state index in [1.807, 2.05) is 30.3 Å². The minimum Gasteiger partial charge on any atom is -0.481 e. The highest BCUT2D eigenvalue weighted by molar-refractivity contribution is 7.89. The zero-order valence-electron chi connectivity index (χ0n) is 23.0. The van der Waals surface area contributed by atoms with Gasteiger partial charge in [0.25, 0.3) is 0 Å². The molecule has 15 heteroatoms. The number of aliphatic hydroxyl groups excluding tert-OH is 1. The first-order chi connectivity index (χ1) is 20.8. The van der Waals surface area contributed by atoms with Crippen LogP contribution in [0, 0.1) is 0 Å². The number of hydrogen-bond donors (Lipinski definition) is 7. The minimum absolute atomic E-state index is 0.169. The average Bonchev–Trinajstić information content (AvgIpc) is 2.98. The summed E-state index contributed by atoms with van der Waals surface area (Å²) in [5, 5.41) is 45.9. The van der Waals surface area contributed by atoms with Gasteiger partial charge in [0.15, 0.2) is 0 Å². The lowest BCUT2D eigenvalue weighted by Gasteiger charge is -2.23. The van der Waals surface area contributed by atoms with Gasteiger partial charge in [0.1, 0.15) is 18.1 Å². The molecule has 0 unspecified atom stereocenters. The Kier molecular flexibility index (Phi) is 9.62. The summed E-state index contributed by atoms with van der Waals surface area (Å²) in [5.74, 6) is -6.53. The number of rotatable bonds is 15. The summed E-state index contributed by atoms with van der Waals surface area (Å²) in [6.07, 6.45) is -2.24. The SMILES string of the molecule is O=C(O)CC[C@H](NC(=O)[C@H](CCC(=O)O)NC(=O)[C@H](CO)NS(=O)(=O)c1ccc2ccc3cccc4ccc1c2c34)C(=O)O. The smallest absolute Gasteiger partial charge is 0.326 e. The third-order valence-corrected chi connectivity index (χ3v) is 8.65. The summed E-state index contributed by atoms with van der Waals surface area (Å²) in [6, 6.07) is 10.7. The second-order valence-corrected chi connectivity index (χ2v) is 11.8. The maximum atomic E-state index is 13.6. The lowest BCUT2D eigenvalue weighted by Crippen LogP contribution is -2.56. The summed E-state index contributed by atoms with van der Waals surface area (Å²) in [4.78, 5) is 59.3. The predicted molar refractivity (Wildman–Crippen MR) is 157 cm³/mol. The van der Waals surface area contributed by atoms with Crippen molar-refractivity contribution in [2.24, 2.45) is 0 Å². The molecule has 0 spiro atoms. The van der Waals surface area contributed by atoms with Crippen molar-refractivity contribution in [3.63, 3.8) is 0 Å². The fraction of sp³-hybridized carbons (Fsp3) is 0.276. The van der Waals surface area contributed by atoms with Crippen molar-refractivity contribution in [3.8, 4) is 0 Å². The molecule has 0 heterocycles. The van der Waals surface area contributed by atoms with Gasteiger partial charge < -0.3 is 31.1 Å². The van der Waals surface area contributed by atoms with Crippen molar-refractivity contribution in [2.45, 2.75) is 48.7 Å². The van der Waals surface area contributed by atoms with Crippen LogP contribution in [0.1, 0.15) is 25.7 Å². The van der Waals surface area contributed by atoms with Crippen molar-refractivity contribution in [1.29, 1.82) is 0 Å². The number of aliphatic carboxylic acids is 3. The molecule has 0 aliphatic heterocycles. The number of nitrogens with one attached hydrogen (secondary N) is 3. The van der Waals surface area contributed by atoms with E-state index in [-0.39, 0.29) is 4.90 Å². The first kappa shape index (κ1) is 32.1. The van der Waals surface area contributed by atoms with Crippen LogP contribution in [0.25, 0.3) is 32.3 Å². The van der Waals surface area contributed by atoms with Gasteiger partial charge in [-0.25, -0.2) is 13.2 Å². The number of carbonyl (C=O) groups is 5. The van der Waals surface area contributed by atoms with Crippen LogP contribution in [-0.2, 0) is 34.0 Å². The highest BCUT2D eigenvalue weighted by Crippen LogP contribution is 2.37. The van der Waals surface area contributed by atoms with Gasteiger partial charge >= 0.3 is 17.9 Å². The average molecular weight is 628 g/mol. The molecule has 0 bridgehead atoms. The number of benzene rings is 4. The van der Waals surface area contributed by atoms with Crippen molar-refractivity contribution in [3.05, 3.63) is 54.6 Å². The van der Waals surface area contributed by atoms with Crippen LogP contribution in [0.5, 0.6) is 0 Å². The zero-order valence-corrected chi connectivity index (χ0v) is 23.8. The first-order valence-electron chi connectivity index (χ1n) is 13.4. The molecule has 2 amide bonds. The molecule has 7 N–H and O–H groups in total. The molecule has 0 fully saturated rings. The van der Waals surface area contributed by atoms with Gasteiger partial charge in [-0.3, -0.25) is 19.2 Å². The Hall–Kier alpha value is -4.86. The van der Waals surface area contributed by atoms with Crippen molar-refractivity contribution >= 4 is 72.1 Å². The van der Waals surface area contributed by atoms with Gasteiger partial charge in [0, 0.05) is 18.2 Å². The largest absolute Gasteiger partial charge is 0.481 e. The molecule has 0 saturated heterocycles. The lowest BCUT2D eigenvalue weighted by atomic mass is 9.94. The van der Waals surface area contributed by atoms with Crippen LogP contribution in [0.15, 0.2) is 59.5 Å². The maximum absolute atomic E-state index is 13.6. The van der Waals surface area contributed by atoms with E-state index in [4.69, 9.17) is 10.2 Å². The maximum Gasteiger partial charge on any atom is 0.326 e. The molecule has 0 radical (unpaired) electrons. The Labute approximate surface area is 250 Å². The fourth-order valence-corrected chi connectivity index (χ4v) is 6.36. The molecule has 44 heavy (non-hydrogen) atoms.